The van der Waals surface area contributed by atoms with Gasteiger partial charge in [-0.1, -0.05) is 18.6 Å². The number of carbonyl (C=O) groups is 2. The van der Waals surface area contributed by atoms with Gasteiger partial charge in [0.2, 0.25) is 5.91 Å². The van der Waals surface area contributed by atoms with E-state index in [1.54, 1.807) is 24.6 Å². The number of nitrogens with one attached hydrogen (secondary N) is 1. The Bertz CT molecular complexity index is 769. The molecule has 1 amide bonds. The molecular formula is C17H17BrN3O2S. The minimum atomic E-state index is -0.494. The van der Waals surface area contributed by atoms with Gasteiger partial charge in [-0.25, -0.2) is 4.98 Å². The van der Waals surface area contributed by atoms with Crippen LogP contribution in [0.5, 0.6) is 0 Å². The Morgan fingerprint density at radius 3 is 2.92 bits per heavy atom. The van der Waals surface area contributed by atoms with Crippen LogP contribution in [0.2, 0.25) is 0 Å². The molecule has 3 N–H and O–H groups in total. The van der Waals surface area contributed by atoms with Gasteiger partial charge in [0.1, 0.15) is 5.69 Å². The van der Waals surface area contributed by atoms with Crippen molar-refractivity contribution in [3.05, 3.63) is 45.9 Å². The second-order valence-electron chi connectivity index (χ2n) is 5.68. The SMILES string of the molecule is NC(=O)c1cccc(-c2sc(Br)nc2C(=O)[CH]C2CCCCN2)c1. The molecule has 5 nitrogen and oxygen atoms in total. The molecule has 125 valence electrons. The standard InChI is InChI=1S/C17H17BrN3O2S/c18-17-21-14(13(22)9-12-6-1-2-7-20-12)15(24-17)10-4-3-5-11(8-10)16(19)23/h3-5,8-9,12,20H,1-2,6-7H2,(H2,19,23). The summed E-state index contributed by atoms with van der Waals surface area (Å²) >= 11 is 4.73. The Kier molecular flexibility index (Phi) is 5.43. The molecule has 1 aliphatic heterocycles. The van der Waals surface area contributed by atoms with Crippen molar-refractivity contribution in [2.75, 3.05) is 6.54 Å². The minimum absolute atomic E-state index is 0.0940. The Morgan fingerprint density at radius 2 is 2.21 bits per heavy atom. The lowest BCUT2D eigenvalue weighted by atomic mass is 9.98. The number of hydrogen-bond acceptors (Lipinski definition) is 5. The van der Waals surface area contributed by atoms with Crippen LogP contribution >= 0.6 is 27.3 Å². The molecule has 1 fully saturated rings. The van der Waals surface area contributed by atoms with Crippen molar-refractivity contribution in [3.8, 4) is 10.4 Å². The molecule has 1 saturated heterocycles. The fourth-order valence-electron chi connectivity index (χ4n) is 2.75. The largest absolute Gasteiger partial charge is 0.366 e. The second kappa shape index (κ2) is 7.55. The molecule has 1 aromatic carbocycles. The molecule has 7 heteroatoms. The number of nitrogens with two attached hydrogens (primary N) is 1. The first-order valence-corrected chi connectivity index (χ1v) is 9.34. The Balaban J connectivity index is 1.88. The highest BCUT2D eigenvalue weighted by molar-refractivity contribution is 9.11. The van der Waals surface area contributed by atoms with Crippen LogP contribution in [0.1, 0.15) is 40.1 Å². The van der Waals surface area contributed by atoms with Crippen LogP contribution in [0, 0.1) is 6.42 Å². The molecule has 0 spiro atoms. The van der Waals surface area contributed by atoms with E-state index in [0.717, 1.165) is 36.2 Å². The van der Waals surface area contributed by atoms with Crippen molar-refractivity contribution in [1.29, 1.82) is 0 Å². The van der Waals surface area contributed by atoms with E-state index in [2.05, 4.69) is 26.2 Å². The fraction of sp³-hybridized carbons (Fsp3) is 0.294. The summed E-state index contributed by atoms with van der Waals surface area (Å²) in [4.78, 5) is 29.1. The van der Waals surface area contributed by atoms with Gasteiger partial charge >= 0.3 is 0 Å². The number of hydrogen-bond donors (Lipinski definition) is 2. The van der Waals surface area contributed by atoms with E-state index < -0.39 is 5.91 Å². The molecular weight excluding hydrogens is 390 g/mol. The van der Waals surface area contributed by atoms with Gasteiger partial charge in [-0.05, 0) is 53.0 Å². The summed E-state index contributed by atoms with van der Waals surface area (Å²) in [6.45, 7) is 0.933. The molecule has 1 atom stereocenters. The van der Waals surface area contributed by atoms with E-state index in [4.69, 9.17) is 5.73 Å². The molecule has 0 aliphatic carbocycles. The highest BCUT2D eigenvalue weighted by Gasteiger charge is 2.23. The van der Waals surface area contributed by atoms with Crippen LogP contribution < -0.4 is 11.1 Å². The molecule has 0 saturated carbocycles. The maximum atomic E-state index is 12.7. The van der Waals surface area contributed by atoms with Crippen molar-refractivity contribution < 1.29 is 9.59 Å². The third-order valence-electron chi connectivity index (χ3n) is 3.94. The van der Waals surface area contributed by atoms with Crippen molar-refractivity contribution in [1.82, 2.24) is 10.3 Å². The Hall–Kier alpha value is -1.57. The van der Waals surface area contributed by atoms with Gasteiger partial charge in [-0.2, -0.15) is 0 Å². The monoisotopic (exact) mass is 406 g/mol. The van der Waals surface area contributed by atoms with Crippen LogP contribution in [0.3, 0.4) is 0 Å². The summed E-state index contributed by atoms with van der Waals surface area (Å²) in [5, 5.41) is 3.34. The Labute approximate surface area is 152 Å². The summed E-state index contributed by atoms with van der Waals surface area (Å²) in [5.74, 6) is -0.595. The van der Waals surface area contributed by atoms with E-state index in [1.807, 2.05) is 6.07 Å². The number of Topliss-reactive ketones (excluding diaryl/α,β-unsaturated/α-hetero) is 1. The van der Waals surface area contributed by atoms with Crippen LogP contribution in [0.25, 0.3) is 10.4 Å². The lowest BCUT2D eigenvalue weighted by Gasteiger charge is -2.22. The number of thiazole rings is 1. The number of halogens is 1. The van der Waals surface area contributed by atoms with Crippen LogP contribution in [0.4, 0.5) is 0 Å². The summed E-state index contributed by atoms with van der Waals surface area (Å²) < 4.78 is 0.635. The normalized spacial score (nSPS) is 17.6. The van der Waals surface area contributed by atoms with Crippen LogP contribution in [0.15, 0.2) is 28.2 Å². The zero-order valence-corrected chi connectivity index (χ0v) is 15.3. The maximum absolute atomic E-state index is 12.7. The molecule has 1 aromatic heterocycles. The number of benzene rings is 1. The third kappa shape index (κ3) is 3.91. The van der Waals surface area contributed by atoms with E-state index in [9.17, 15) is 9.59 Å². The number of nitrogens with zero attached hydrogens (tertiary/aromatic N) is 1. The zero-order valence-electron chi connectivity index (χ0n) is 12.9. The predicted molar refractivity (Wildman–Crippen MR) is 98.0 cm³/mol. The van der Waals surface area contributed by atoms with E-state index in [0.29, 0.717) is 15.2 Å². The molecule has 1 unspecified atom stereocenters. The lowest BCUT2D eigenvalue weighted by Crippen LogP contribution is -2.36. The number of carbonyl (C=O) groups excluding carboxylic acids is 2. The van der Waals surface area contributed by atoms with Crippen LogP contribution in [-0.4, -0.2) is 29.3 Å². The van der Waals surface area contributed by atoms with Gasteiger partial charge in [0.05, 0.1) is 11.3 Å². The van der Waals surface area contributed by atoms with Gasteiger partial charge in [-0.15, -0.1) is 11.3 Å². The molecule has 1 radical (unpaired) electrons. The molecule has 2 aromatic rings. The van der Waals surface area contributed by atoms with Gasteiger partial charge in [-0.3, -0.25) is 9.59 Å². The first-order chi connectivity index (χ1) is 11.5. The minimum Gasteiger partial charge on any atom is -0.366 e. The van der Waals surface area contributed by atoms with Crippen molar-refractivity contribution in [2.45, 2.75) is 25.3 Å². The zero-order chi connectivity index (χ0) is 17.1. The van der Waals surface area contributed by atoms with Gasteiger partial charge < -0.3 is 11.1 Å². The number of primary amides is 1. The molecule has 24 heavy (non-hydrogen) atoms. The summed E-state index contributed by atoms with van der Waals surface area (Å²) in [6, 6.07) is 7.04. The summed E-state index contributed by atoms with van der Waals surface area (Å²) in [5.41, 5.74) is 6.93. The number of amides is 1. The molecule has 1 aliphatic rings. The number of ketones is 1. The van der Waals surface area contributed by atoms with Gasteiger partial charge in [0, 0.05) is 11.6 Å². The highest BCUT2D eigenvalue weighted by Crippen LogP contribution is 2.34. The van der Waals surface area contributed by atoms with E-state index in [1.165, 1.54) is 11.3 Å². The van der Waals surface area contributed by atoms with Crippen LogP contribution in [-0.2, 0) is 0 Å². The van der Waals surface area contributed by atoms with Crippen molar-refractivity contribution in [2.24, 2.45) is 5.73 Å². The fourth-order valence-corrected chi connectivity index (χ4v) is 4.21. The van der Waals surface area contributed by atoms with E-state index >= 15 is 0 Å². The van der Waals surface area contributed by atoms with Gasteiger partial charge in [0.25, 0.3) is 0 Å². The average molecular weight is 407 g/mol. The van der Waals surface area contributed by atoms with E-state index in [-0.39, 0.29) is 11.8 Å². The van der Waals surface area contributed by atoms with Crippen molar-refractivity contribution in [3.63, 3.8) is 0 Å². The average Bonchev–Trinajstić information content (AvgIpc) is 2.98. The summed E-state index contributed by atoms with van der Waals surface area (Å²) in [7, 11) is 0. The topological polar surface area (TPSA) is 85.1 Å². The molecule has 3 rings (SSSR count). The predicted octanol–water partition coefficient (Wildman–Crippen LogP) is 3.20. The third-order valence-corrected chi connectivity index (χ3v) is 5.50. The van der Waals surface area contributed by atoms with Crippen molar-refractivity contribution >= 4 is 39.0 Å². The number of rotatable bonds is 5. The molecule has 0 bridgehead atoms. The first kappa shape index (κ1) is 17.3. The lowest BCUT2D eigenvalue weighted by molar-refractivity contribution is 0.0996. The number of piperidine rings is 1. The smallest absolute Gasteiger partial charge is 0.248 e. The first-order valence-electron chi connectivity index (χ1n) is 7.74. The quantitative estimate of drug-likeness (QED) is 0.746. The highest BCUT2D eigenvalue weighted by atomic mass is 79.9. The number of aromatic nitrogens is 1. The molecule has 2 heterocycles. The second-order valence-corrected chi connectivity index (χ2v) is 7.95. The van der Waals surface area contributed by atoms with Gasteiger partial charge in [0.15, 0.2) is 9.70 Å². The maximum Gasteiger partial charge on any atom is 0.248 e. The summed E-state index contributed by atoms with van der Waals surface area (Å²) in [6.07, 6.45) is 4.94. The Morgan fingerprint density at radius 1 is 1.38 bits per heavy atom.